The van der Waals surface area contributed by atoms with E-state index in [0.29, 0.717) is 5.76 Å². The van der Waals surface area contributed by atoms with Crippen molar-refractivity contribution in [2.45, 2.75) is 37.8 Å². The fraction of sp³-hybridized carbons (Fsp3) is 0.438. The third-order valence-electron chi connectivity index (χ3n) is 4.07. The van der Waals surface area contributed by atoms with E-state index in [9.17, 15) is 9.59 Å². The summed E-state index contributed by atoms with van der Waals surface area (Å²) in [5.41, 5.74) is 0. The monoisotopic (exact) mass is 316 g/mol. The quantitative estimate of drug-likeness (QED) is 0.812. The Morgan fingerprint density at radius 3 is 2.78 bits per heavy atom. The van der Waals surface area contributed by atoms with Crippen LogP contribution in [0.25, 0.3) is 0 Å². The molecule has 2 amide bonds. The van der Waals surface area contributed by atoms with Gasteiger partial charge in [-0.25, -0.2) is 0 Å². The van der Waals surface area contributed by atoms with Crippen LogP contribution in [-0.2, 0) is 9.59 Å². The molecule has 0 aromatic carbocycles. The van der Waals surface area contributed by atoms with Gasteiger partial charge in [0, 0.05) is 25.0 Å². The Bertz CT molecular complexity index is 596. The maximum atomic E-state index is 12.0. The zero-order valence-electron chi connectivity index (χ0n) is 12.8. The van der Waals surface area contributed by atoms with Gasteiger partial charge in [-0.3, -0.25) is 14.3 Å². The first-order chi connectivity index (χ1) is 11.2. The van der Waals surface area contributed by atoms with Crippen LogP contribution in [0.4, 0.5) is 0 Å². The Labute approximate surface area is 134 Å². The van der Waals surface area contributed by atoms with Gasteiger partial charge in [0.25, 0.3) is 0 Å². The predicted molar refractivity (Wildman–Crippen MR) is 82.5 cm³/mol. The third-order valence-corrected chi connectivity index (χ3v) is 4.07. The number of aromatic nitrogens is 2. The lowest BCUT2D eigenvalue weighted by atomic mass is 10.2. The summed E-state index contributed by atoms with van der Waals surface area (Å²) in [6, 6.07) is 5.23. The SMILES string of the molecule is O=C(NCC(c1ccco1)n1cccn1)C(=O)NC1CCCC1. The lowest BCUT2D eigenvalue weighted by Crippen LogP contribution is -2.45. The summed E-state index contributed by atoms with van der Waals surface area (Å²) in [5, 5.41) is 9.62. The number of nitrogens with zero attached hydrogens (tertiary/aromatic N) is 2. The van der Waals surface area contributed by atoms with E-state index in [0.717, 1.165) is 25.7 Å². The summed E-state index contributed by atoms with van der Waals surface area (Å²) < 4.78 is 7.10. The molecule has 1 unspecified atom stereocenters. The molecular weight excluding hydrogens is 296 g/mol. The van der Waals surface area contributed by atoms with E-state index < -0.39 is 11.8 Å². The van der Waals surface area contributed by atoms with Gasteiger partial charge in [-0.05, 0) is 31.0 Å². The van der Waals surface area contributed by atoms with Crippen LogP contribution >= 0.6 is 0 Å². The molecule has 2 N–H and O–H groups in total. The number of carbonyl (C=O) groups is 2. The highest BCUT2D eigenvalue weighted by molar-refractivity contribution is 6.35. The van der Waals surface area contributed by atoms with Crippen molar-refractivity contribution in [2.75, 3.05) is 6.54 Å². The maximum absolute atomic E-state index is 12.0. The lowest BCUT2D eigenvalue weighted by molar-refractivity contribution is -0.139. The topological polar surface area (TPSA) is 89.2 Å². The number of furan rings is 1. The molecular formula is C16H20N4O3. The molecule has 7 nitrogen and oxygen atoms in total. The van der Waals surface area contributed by atoms with Crippen LogP contribution in [0.15, 0.2) is 41.3 Å². The second-order valence-electron chi connectivity index (χ2n) is 5.68. The number of hydrogen-bond donors (Lipinski definition) is 2. The summed E-state index contributed by atoms with van der Waals surface area (Å²) in [6.45, 7) is 0.228. The summed E-state index contributed by atoms with van der Waals surface area (Å²) in [5.74, 6) is -0.527. The molecule has 1 fully saturated rings. The van der Waals surface area contributed by atoms with Gasteiger partial charge < -0.3 is 15.1 Å². The zero-order valence-corrected chi connectivity index (χ0v) is 12.8. The number of hydrogen-bond acceptors (Lipinski definition) is 4. The van der Waals surface area contributed by atoms with E-state index in [-0.39, 0.29) is 18.6 Å². The highest BCUT2D eigenvalue weighted by Gasteiger charge is 2.23. The summed E-state index contributed by atoms with van der Waals surface area (Å²) >= 11 is 0. The minimum absolute atomic E-state index is 0.125. The molecule has 3 rings (SSSR count). The van der Waals surface area contributed by atoms with E-state index in [1.54, 1.807) is 35.5 Å². The van der Waals surface area contributed by atoms with Crippen LogP contribution < -0.4 is 10.6 Å². The van der Waals surface area contributed by atoms with Crippen LogP contribution in [0, 0.1) is 0 Å². The first-order valence-corrected chi connectivity index (χ1v) is 7.85. The second-order valence-corrected chi connectivity index (χ2v) is 5.68. The molecule has 23 heavy (non-hydrogen) atoms. The standard InChI is InChI=1S/C16H20N4O3/c21-15(16(22)19-12-5-1-2-6-12)17-11-13(14-7-3-10-23-14)20-9-4-8-18-20/h3-4,7-10,12-13H,1-2,5-6,11H2,(H,17,21)(H,19,22). The molecule has 7 heteroatoms. The van der Waals surface area contributed by atoms with E-state index in [2.05, 4.69) is 15.7 Å². The fourth-order valence-corrected chi connectivity index (χ4v) is 2.86. The molecule has 1 aliphatic carbocycles. The molecule has 1 saturated carbocycles. The van der Waals surface area contributed by atoms with Crippen molar-refractivity contribution >= 4 is 11.8 Å². The van der Waals surface area contributed by atoms with Crippen LogP contribution in [0.1, 0.15) is 37.5 Å². The predicted octanol–water partition coefficient (Wildman–Crippen LogP) is 1.24. The summed E-state index contributed by atoms with van der Waals surface area (Å²) in [6.07, 6.45) is 9.12. The number of carbonyl (C=O) groups excluding carboxylic acids is 2. The molecule has 2 aromatic rings. The average Bonchev–Trinajstić information content (AvgIpc) is 3.31. The molecule has 2 aromatic heterocycles. The molecule has 2 heterocycles. The largest absolute Gasteiger partial charge is 0.467 e. The smallest absolute Gasteiger partial charge is 0.309 e. The lowest BCUT2D eigenvalue weighted by Gasteiger charge is -2.17. The molecule has 0 saturated heterocycles. The molecule has 0 radical (unpaired) electrons. The zero-order chi connectivity index (χ0) is 16.1. The van der Waals surface area contributed by atoms with Gasteiger partial charge in [-0.15, -0.1) is 0 Å². The molecule has 0 bridgehead atoms. The molecule has 1 aliphatic rings. The van der Waals surface area contributed by atoms with Crippen molar-refractivity contribution in [1.82, 2.24) is 20.4 Å². The van der Waals surface area contributed by atoms with Gasteiger partial charge >= 0.3 is 11.8 Å². The second kappa shape index (κ2) is 7.13. The molecule has 0 aliphatic heterocycles. The van der Waals surface area contributed by atoms with Crippen LogP contribution in [0.5, 0.6) is 0 Å². The minimum atomic E-state index is -0.624. The molecule has 122 valence electrons. The van der Waals surface area contributed by atoms with Crippen molar-refractivity contribution in [3.8, 4) is 0 Å². The van der Waals surface area contributed by atoms with Crippen LogP contribution in [0.3, 0.4) is 0 Å². The third kappa shape index (κ3) is 3.80. The maximum Gasteiger partial charge on any atom is 0.309 e. The highest BCUT2D eigenvalue weighted by atomic mass is 16.3. The first-order valence-electron chi connectivity index (χ1n) is 7.85. The molecule has 0 spiro atoms. The van der Waals surface area contributed by atoms with E-state index in [4.69, 9.17) is 4.42 Å². The highest BCUT2D eigenvalue weighted by Crippen LogP contribution is 2.18. The van der Waals surface area contributed by atoms with Crippen molar-refractivity contribution in [3.63, 3.8) is 0 Å². The average molecular weight is 316 g/mol. The van der Waals surface area contributed by atoms with Gasteiger partial charge in [0.1, 0.15) is 11.8 Å². The minimum Gasteiger partial charge on any atom is -0.467 e. The van der Waals surface area contributed by atoms with Crippen molar-refractivity contribution in [2.24, 2.45) is 0 Å². The Balaban J connectivity index is 1.58. The van der Waals surface area contributed by atoms with Gasteiger partial charge in [0.2, 0.25) is 0 Å². The Hall–Kier alpha value is -2.57. The van der Waals surface area contributed by atoms with Gasteiger partial charge in [-0.1, -0.05) is 12.8 Å². The van der Waals surface area contributed by atoms with E-state index in [1.807, 2.05) is 6.07 Å². The summed E-state index contributed by atoms with van der Waals surface area (Å²) in [7, 11) is 0. The summed E-state index contributed by atoms with van der Waals surface area (Å²) in [4.78, 5) is 23.9. The van der Waals surface area contributed by atoms with E-state index in [1.165, 1.54) is 0 Å². The van der Waals surface area contributed by atoms with Crippen LogP contribution in [-0.4, -0.2) is 34.2 Å². The van der Waals surface area contributed by atoms with E-state index >= 15 is 0 Å². The van der Waals surface area contributed by atoms with Crippen molar-refractivity contribution in [1.29, 1.82) is 0 Å². The van der Waals surface area contributed by atoms with Gasteiger partial charge in [-0.2, -0.15) is 5.10 Å². The molecule has 1 atom stereocenters. The Morgan fingerprint density at radius 2 is 2.13 bits per heavy atom. The number of amides is 2. The van der Waals surface area contributed by atoms with Gasteiger partial charge in [0.05, 0.1) is 6.26 Å². The Kier molecular flexibility index (Phi) is 4.75. The Morgan fingerprint density at radius 1 is 1.30 bits per heavy atom. The number of rotatable bonds is 5. The normalized spacial score (nSPS) is 16.2. The van der Waals surface area contributed by atoms with Crippen molar-refractivity contribution in [3.05, 3.63) is 42.6 Å². The van der Waals surface area contributed by atoms with Crippen molar-refractivity contribution < 1.29 is 14.0 Å². The fourth-order valence-electron chi connectivity index (χ4n) is 2.86. The van der Waals surface area contributed by atoms with Crippen LogP contribution in [0.2, 0.25) is 0 Å². The first kappa shape index (κ1) is 15.3. The number of nitrogens with one attached hydrogen (secondary N) is 2. The van der Waals surface area contributed by atoms with Gasteiger partial charge in [0.15, 0.2) is 0 Å².